The predicted molar refractivity (Wildman–Crippen MR) is 138 cm³/mol. The molecule has 3 aromatic rings. The Hall–Kier alpha value is -3.73. The summed E-state index contributed by atoms with van der Waals surface area (Å²) in [6, 6.07) is 2.59. The van der Waals surface area contributed by atoms with E-state index in [1.807, 2.05) is 0 Å². The number of aromatic amines is 1. The minimum atomic E-state index is -1.08. The van der Waals surface area contributed by atoms with Crippen LogP contribution in [0.15, 0.2) is 18.5 Å². The Balaban J connectivity index is 1.46. The molecule has 1 aromatic carbocycles. The molecule has 1 saturated carbocycles. The molecule has 3 heterocycles. The first-order valence-electron chi connectivity index (χ1n) is 12.9. The van der Waals surface area contributed by atoms with Crippen LogP contribution in [0.25, 0.3) is 22.3 Å². The number of hydrogen-bond acceptors (Lipinski definition) is 7. The van der Waals surface area contributed by atoms with Crippen LogP contribution in [-0.4, -0.2) is 75.7 Å². The van der Waals surface area contributed by atoms with E-state index in [1.54, 1.807) is 17.9 Å². The number of hydrogen-bond donors (Lipinski definition) is 3. The Morgan fingerprint density at radius 1 is 1.26 bits per heavy atom. The highest BCUT2D eigenvalue weighted by Gasteiger charge is 2.29. The number of aliphatic hydroxyl groups excluding tert-OH is 1. The standard InChI is InChI=1S/C27H32FN5O5/c1-14-22(26(35)32-17-5-4-8-33(11-17)27(36)15(2)34)24-25(31-14)23(29-13-30-24)18-9-21(37-3)19(28)10-20(18)38-12-16-6-7-16/h9-10,13,15-17,31,34H,4-8,11-12H2,1-3H3,(H,32,35)/t15?,17-/m0/s1. The number of aryl methyl sites for hydroxylation is 1. The van der Waals surface area contributed by atoms with Gasteiger partial charge in [-0.05, 0) is 51.5 Å². The van der Waals surface area contributed by atoms with E-state index in [1.165, 1.54) is 26.4 Å². The van der Waals surface area contributed by atoms with Crippen LogP contribution in [0.2, 0.25) is 0 Å². The summed E-state index contributed by atoms with van der Waals surface area (Å²) < 4.78 is 25.8. The number of fused-ring (bicyclic) bond motifs is 1. The smallest absolute Gasteiger partial charge is 0.255 e. The zero-order chi connectivity index (χ0) is 27.0. The number of piperidine rings is 1. The normalized spacial score (nSPS) is 18.3. The Labute approximate surface area is 219 Å². The fraction of sp³-hybridized carbons (Fsp3) is 0.481. The second kappa shape index (κ2) is 10.6. The number of aromatic nitrogens is 3. The molecule has 38 heavy (non-hydrogen) atoms. The van der Waals surface area contributed by atoms with Gasteiger partial charge in [0.05, 0.1) is 24.8 Å². The average Bonchev–Trinajstić information content (AvgIpc) is 3.66. The Morgan fingerprint density at radius 3 is 2.76 bits per heavy atom. The molecule has 5 rings (SSSR count). The third-order valence-corrected chi connectivity index (χ3v) is 7.10. The summed E-state index contributed by atoms with van der Waals surface area (Å²) >= 11 is 0. The first kappa shape index (κ1) is 25.9. The lowest BCUT2D eigenvalue weighted by molar-refractivity contribution is -0.140. The molecule has 202 valence electrons. The Kier molecular flexibility index (Phi) is 7.20. The number of halogens is 1. The van der Waals surface area contributed by atoms with Gasteiger partial charge in [0.2, 0.25) is 0 Å². The van der Waals surface area contributed by atoms with Crippen LogP contribution < -0.4 is 14.8 Å². The fourth-order valence-electron chi connectivity index (χ4n) is 4.91. The van der Waals surface area contributed by atoms with Crippen molar-refractivity contribution in [1.82, 2.24) is 25.2 Å². The molecule has 11 heteroatoms. The maximum Gasteiger partial charge on any atom is 0.255 e. The van der Waals surface area contributed by atoms with Gasteiger partial charge in [-0.2, -0.15) is 0 Å². The fourth-order valence-corrected chi connectivity index (χ4v) is 4.91. The minimum Gasteiger partial charge on any atom is -0.494 e. The first-order valence-corrected chi connectivity index (χ1v) is 12.9. The summed E-state index contributed by atoms with van der Waals surface area (Å²) in [7, 11) is 1.39. The zero-order valence-electron chi connectivity index (χ0n) is 21.7. The zero-order valence-corrected chi connectivity index (χ0v) is 21.7. The van der Waals surface area contributed by atoms with E-state index in [-0.39, 0.29) is 23.6 Å². The number of H-pyrrole nitrogens is 1. The minimum absolute atomic E-state index is 0.0559. The van der Waals surface area contributed by atoms with Crippen molar-refractivity contribution >= 4 is 22.8 Å². The topological polar surface area (TPSA) is 130 Å². The van der Waals surface area contributed by atoms with Gasteiger partial charge >= 0.3 is 0 Å². The number of rotatable bonds is 8. The molecule has 2 atom stereocenters. The molecule has 1 aliphatic carbocycles. The Morgan fingerprint density at radius 2 is 2.05 bits per heavy atom. The highest BCUT2D eigenvalue weighted by atomic mass is 19.1. The number of methoxy groups -OCH3 is 1. The van der Waals surface area contributed by atoms with Crippen LogP contribution in [0, 0.1) is 18.7 Å². The molecule has 2 aromatic heterocycles. The number of nitrogens with zero attached hydrogens (tertiary/aromatic N) is 3. The van der Waals surface area contributed by atoms with Gasteiger partial charge < -0.3 is 29.8 Å². The van der Waals surface area contributed by atoms with Gasteiger partial charge in [0, 0.05) is 36.5 Å². The van der Waals surface area contributed by atoms with Crippen molar-refractivity contribution in [3.63, 3.8) is 0 Å². The van der Waals surface area contributed by atoms with Crippen LogP contribution in [0.5, 0.6) is 11.5 Å². The summed E-state index contributed by atoms with van der Waals surface area (Å²) in [6.07, 6.45) is 3.90. The third-order valence-electron chi connectivity index (χ3n) is 7.10. The number of ether oxygens (including phenoxy) is 2. The lowest BCUT2D eigenvalue weighted by atomic mass is 10.0. The molecule has 2 amide bonds. The van der Waals surface area contributed by atoms with Crippen LogP contribution in [0.4, 0.5) is 4.39 Å². The quantitative estimate of drug-likeness (QED) is 0.412. The maximum atomic E-state index is 14.6. The molecule has 3 N–H and O–H groups in total. The monoisotopic (exact) mass is 525 g/mol. The van der Waals surface area contributed by atoms with Crippen molar-refractivity contribution in [1.29, 1.82) is 0 Å². The van der Waals surface area contributed by atoms with Gasteiger partial charge in [-0.15, -0.1) is 0 Å². The predicted octanol–water partition coefficient (Wildman–Crippen LogP) is 2.97. The van der Waals surface area contributed by atoms with Crippen molar-refractivity contribution < 1.29 is 28.6 Å². The van der Waals surface area contributed by atoms with Crippen molar-refractivity contribution in [2.45, 2.75) is 51.7 Å². The summed E-state index contributed by atoms with van der Waals surface area (Å²) in [5.74, 6) is -0.340. The van der Waals surface area contributed by atoms with Crippen LogP contribution >= 0.6 is 0 Å². The second-order valence-corrected chi connectivity index (χ2v) is 10.1. The van der Waals surface area contributed by atoms with Crippen LogP contribution in [0.3, 0.4) is 0 Å². The van der Waals surface area contributed by atoms with Gasteiger partial charge in [-0.25, -0.2) is 14.4 Å². The highest BCUT2D eigenvalue weighted by Crippen LogP contribution is 2.39. The molecule has 1 saturated heterocycles. The SMILES string of the molecule is COc1cc(-c2ncnc3c(C(=O)N[C@H]4CCCN(C(=O)C(C)O)C4)c(C)[nH]c23)c(OCC2CC2)cc1F. The summed E-state index contributed by atoms with van der Waals surface area (Å²) in [4.78, 5) is 39.3. The van der Waals surface area contributed by atoms with Crippen LogP contribution in [-0.2, 0) is 4.79 Å². The van der Waals surface area contributed by atoms with E-state index in [2.05, 4.69) is 20.3 Å². The molecule has 1 aliphatic heterocycles. The number of carbonyl (C=O) groups is 2. The third kappa shape index (κ3) is 5.15. The summed E-state index contributed by atoms with van der Waals surface area (Å²) in [6.45, 7) is 4.58. The van der Waals surface area contributed by atoms with Gasteiger partial charge in [0.1, 0.15) is 29.4 Å². The number of likely N-dealkylation sites (tertiary alicyclic amines) is 1. The summed E-state index contributed by atoms with van der Waals surface area (Å²) in [5.41, 5.74) is 2.92. The highest BCUT2D eigenvalue weighted by molar-refractivity contribution is 6.09. The van der Waals surface area contributed by atoms with E-state index in [4.69, 9.17) is 9.47 Å². The van der Waals surface area contributed by atoms with Crippen molar-refractivity contribution in [2.24, 2.45) is 5.92 Å². The van der Waals surface area contributed by atoms with Crippen molar-refractivity contribution in [2.75, 3.05) is 26.8 Å². The van der Waals surface area contributed by atoms with E-state index < -0.39 is 11.9 Å². The van der Waals surface area contributed by atoms with Crippen molar-refractivity contribution in [3.8, 4) is 22.8 Å². The van der Waals surface area contributed by atoms with Gasteiger partial charge in [-0.1, -0.05) is 0 Å². The molecule has 0 radical (unpaired) electrons. The van der Waals surface area contributed by atoms with Gasteiger partial charge in [0.25, 0.3) is 11.8 Å². The maximum absolute atomic E-state index is 14.6. The molecule has 0 spiro atoms. The number of carbonyl (C=O) groups excluding carboxylic acids is 2. The largest absolute Gasteiger partial charge is 0.494 e. The van der Waals surface area contributed by atoms with E-state index in [9.17, 15) is 19.1 Å². The second-order valence-electron chi connectivity index (χ2n) is 10.1. The van der Waals surface area contributed by atoms with Gasteiger partial charge in [0.15, 0.2) is 11.6 Å². The number of amides is 2. The summed E-state index contributed by atoms with van der Waals surface area (Å²) in [5, 5.41) is 12.7. The van der Waals surface area contributed by atoms with Crippen LogP contribution in [0.1, 0.15) is 48.7 Å². The molecule has 1 unspecified atom stereocenters. The lowest BCUT2D eigenvalue weighted by Crippen LogP contribution is -2.51. The van der Waals surface area contributed by atoms with E-state index >= 15 is 0 Å². The first-order chi connectivity index (χ1) is 18.3. The van der Waals surface area contributed by atoms with E-state index in [0.717, 1.165) is 19.3 Å². The van der Waals surface area contributed by atoms with Crippen molar-refractivity contribution in [3.05, 3.63) is 35.5 Å². The lowest BCUT2D eigenvalue weighted by Gasteiger charge is -2.33. The molecule has 2 fully saturated rings. The molecule has 0 bridgehead atoms. The number of aliphatic hydroxyl groups is 1. The van der Waals surface area contributed by atoms with E-state index in [0.29, 0.717) is 71.3 Å². The average molecular weight is 526 g/mol. The number of benzene rings is 1. The molecular weight excluding hydrogens is 493 g/mol. The Bertz CT molecular complexity index is 1370. The molecule has 2 aliphatic rings. The molecular formula is C27H32FN5O5. The number of nitrogens with one attached hydrogen (secondary N) is 2. The molecule has 10 nitrogen and oxygen atoms in total. The van der Waals surface area contributed by atoms with Gasteiger partial charge in [-0.3, -0.25) is 9.59 Å².